The zero-order chi connectivity index (χ0) is 23.5. The number of rotatable bonds is 12. The van der Waals surface area contributed by atoms with Gasteiger partial charge in [0.25, 0.3) is 0 Å². The Morgan fingerprint density at radius 1 is 1.06 bits per heavy atom. The first-order valence-corrected chi connectivity index (χ1v) is 10.9. The number of carboxylic acid groups (broad SMARTS) is 1. The number of aliphatic carboxylic acids is 1. The summed E-state index contributed by atoms with van der Waals surface area (Å²) >= 11 is 0. The number of likely N-dealkylation sites (tertiary alicyclic amines) is 1. The molecule has 0 radical (unpaired) electrons. The third-order valence-electron chi connectivity index (χ3n) is 5.50. The zero-order valence-electron chi connectivity index (χ0n) is 18.2. The molecule has 10 heteroatoms. The molecule has 0 spiro atoms. The van der Waals surface area contributed by atoms with Crippen LogP contribution >= 0.6 is 0 Å². The van der Waals surface area contributed by atoms with Crippen LogP contribution in [0.3, 0.4) is 0 Å². The molecule has 0 saturated carbocycles. The standard InChI is InChI=1S/C22H33N5O5/c23-11-5-4-9-16(21(30)27-12-6-10-18(27)22(31)32)26-20(29)17(25-19(28)14-24)13-15-7-2-1-3-8-15/h1-3,7-8,16-18H,4-6,9-14,23-24H2,(H,25,28)(H,26,29)(H,31,32). The first-order valence-electron chi connectivity index (χ1n) is 10.9. The first kappa shape index (κ1) is 25.3. The summed E-state index contributed by atoms with van der Waals surface area (Å²) in [7, 11) is 0. The van der Waals surface area contributed by atoms with Gasteiger partial charge in [-0.05, 0) is 44.2 Å². The lowest BCUT2D eigenvalue weighted by atomic mass is 10.0. The molecule has 1 aliphatic rings. The Bertz CT molecular complexity index is 788. The lowest BCUT2D eigenvalue weighted by Crippen LogP contribution is -2.56. The molecule has 3 atom stereocenters. The number of nitrogens with zero attached hydrogens (tertiary/aromatic N) is 1. The fourth-order valence-corrected chi connectivity index (χ4v) is 3.82. The maximum absolute atomic E-state index is 13.2. The maximum atomic E-state index is 13.2. The highest BCUT2D eigenvalue weighted by Gasteiger charge is 2.38. The second-order valence-electron chi connectivity index (χ2n) is 7.89. The topological polar surface area (TPSA) is 168 Å². The van der Waals surface area contributed by atoms with E-state index >= 15 is 0 Å². The van der Waals surface area contributed by atoms with Gasteiger partial charge in [0.1, 0.15) is 18.1 Å². The summed E-state index contributed by atoms with van der Waals surface area (Å²) in [6.45, 7) is 0.501. The van der Waals surface area contributed by atoms with Crippen molar-refractivity contribution in [3.8, 4) is 0 Å². The third kappa shape index (κ3) is 7.31. The number of hydrogen-bond donors (Lipinski definition) is 5. The van der Waals surface area contributed by atoms with Gasteiger partial charge < -0.3 is 32.1 Å². The minimum Gasteiger partial charge on any atom is -0.480 e. The van der Waals surface area contributed by atoms with Crippen LogP contribution in [0.2, 0.25) is 0 Å². The van der Waals surface area contributed by atoms with Crippen LogP contribution in [-0.2, 0) is 25.6 Å². The van der Waals surface area contributed by atoms with E-state index in [9.17, 15) is 24.3 Å². The molecule has 10 nitrogen and oxygen atoms in total. The van der Waals surface area contributed by atoms with Gasteiger partial charge in [0.2, 0.25) is 17.7 Å². The monoisotopic (exact) mass is 447 g/mol. The van der Waals surface area contributed by atoms with Crippen molar-refractivity contribution < 1.29 is 24.3 Å². The van der Waals surface area contributed by atoms with E-state index in [-0.39, 0.29) is 13.0 Å². The number of carbonyl (C=O) groups is 4. The summed E-state index contributed by atoms with van der Waals surface area (Å²) in [6, 6.07) is 6.45. The molecule has 1 aromatic carbocycles. The molecule has 1 aromatic rings. The van der Waals surface area contributed by atoms with Crippen molar-refractivity contribution in [2.45, 2.75) is 56.7 Å². The molecular formula is C22H33N5O5. The van der Waals surface area contributed by atoms with E-state index < -0.39 is 41.8 Å². The fourth-order valence-electron chi connectivity index (χ4n) is 3.82. The van der Waals surface area contributed by atoms with E-state index in [2.05, 4.69) is 10.6 Å². The first-order chi connectivity index (χ1) is 15.4. The summed E-state index contributed by atoms with van der Waals surface area (Å²) in [5, 5.41) is 14.8. The van der Waals surface area contributed by atoms with E-state index in [1.165, 1.54) is 4.90 Å². The molecule has 1 aliphatic heterocycles. The number of amides is 3. The van der Waals surface area contributed by atoms with E-state index in [0.717, 1.165) is 5.56 Å². The molecular weight excluding hydrogens is 414 g/mol. The van der Waals surface area contributed by atoms with Crippen molar-refractivity contribution in [2.75, 3.05) is 19.6 Å². The number of hydrogen-bond acceptors (Lipinski definition) is 6. The second kappa shape index (κ2) is 12.8. The Kier molecular flexibility index (Phi) is 10.1. The van der Waals surface area contributed by atoms with Gasteiger partial charge in [-0.25, -0.2) is 4.79 Å². The van der Waals surface area contributed by atoms with Crippen LogP contribution in [0.5, 0.6) is 0 Å². The molecule has 32 heavy (non-hydrogen) atoms. The van der Waals surface area contributed by atoms with Crippen LogP contribution in [0.4, 0.5) is 0 Å². The Labute approximate surface area is 187 Å². The maximum Gasteiger partial charge on any atom is 0.326 e. The molecule has 3 unspecified atom stereocenters. The van der Waals surface area contributed by atoms with E-state index in [1.807, 2.05) is 30.3 Å². The summed E-state index contributed by atoms with van der Waals surface area (Å²) in [6.07, 6.45) is 2.79. The van der Waals surface area contributed by atoms with Crippen LogP contribution < -0.4 is 22.1 Å². The number of unbranched alkanes of at least 4 members (excludes halogenated alkanes) is 1. The van der Waals surface area contributed by atoms with Crippen molar-refractivity contribution in [1.29, 1.82) is 0 Å². The van der Waals surface area contributed by atoms with Gasteiger partial charge in [-0.15, -0.1) is 0 Å². The van der Waals surface area contributed by atoms with Gasteiger partial charge in [-0.3, -0.25) is 14.4 Å². The van der Waals surface area contributed by atoms with Crippen molar-refractivity contribution >= 4 is 23.7 Å². The minimum absolute atomic E-state index is 0.226. The van der Waals surface area contributed by atoms with E-state index in [1.54, 1.807) is 0 Å². The van der Waals surface area contributed by atoms with Gasteiger partial charge in [-0.2, -0.15) is 0 Å². The van der Waals surface area contributed by atoms with Crippen LogP contribution in [-0.4, -0.2) is 71.5 Å². The molecule has 1 saturated heterocycles. The average molecular weight is 448 g/mol. The predicted molar refractivity (Wildman–Crippen MR) is 118 cm³/mol. The summed E-state index contributed by atoms with van der Waals surface area (Å²) in [4.78, 5) is 51.0. The molecule has 1 heterocycles. The molecule has 0 aromatic heterocycles. The third-order valence-corrected chi connectivity index (χ3v) is 5.50. The molecule has 7 N–H and O–H groups in total. The average Bonchev–Trinajstić information content (AvgIpc) is 3.28. The van der Waals surface area contributed by atoms with E-state index in [0.29, 0.717) is 45.2 Å². The summed E-state index contributed by atoms with van der Waals surface area (Å²) in [5.41, 5.74) is 11.8. The molecule has 0 aliphatic carbocycles. The van der Waals surface area contributed by atoms with E-state index in [4.69, 9.17) is 11.5 Å². The van der Waals surface area contributed by atoms with Crippen molar-refractivity contribution in [1.82, 2.24) is 15.5 Å². The number of carboxylic acids is 1. The lowest BCUT2D eigenvalue weighted by Gasteiger charge is -2.29. The highest BCUT2D eigenvalue weighted by molar-refractivity contribution is 5.94. The number of nitrogens with two attached hydrogens (primary N) is 2. The van der Waals surface area contributed by atoms with Gasteiger partial charge >= 0.3 is 5.97 Å². The molecule has 3 amide bonds. The van der Waals surface area contributed by atoms with Crippen LogP contribution in [0.15, 0.2) is 30.3 Å². The highest BCUT2D eigenvalue weighted by atomic mass is 16.4. The van der Waals surface area contributed by atoms with Gasteiger partial charge in [-0.1, -0.05) is 30.3 Å². The molecule has 0 bridgehead atoms. The van der Waals surface area contributed by atoms with Gasteiger partial charge in [0.05, 0.1) is 6.54 Å². The Hall–Kier alpha value is -2.98. The van der Waals surface area contributed by atoms with Gasteiger partial charge in [0, 0.05) is 13.0 Å². The normalized spacial score (nSPS) is 17.4. The Morgan fingerprint density at radius 3 is 2.41 bits per heavy atom. The molecule has 176 valence electrons. The van der Waals surface area contributed by atoms with Crippen molar-refractivity contribution in [2.24, 2.45) is 11.5 Å². The molecule has 1 fully saturated rings. The number of benzene rings is 1. The minimum atomic E-state index is -1.06. The highest BCUT2D eigenvalue weighted by Crippen LogP contribution is 2.20. The summed E-state index contributed by atoms with van der Waals surface area (Å²) in [5.74, 6) is -2.49. The predicted octanol–water partition coefficient (Wildman–Crippen LogP) is -0.638. The largest absolute Gasteiger partial charge is 0.480 e. The van der Waals surface area contributed by atoms with Crippen LogP contribution in [0.1, 0.15) is 37.7 Å². The lowest BCUT2D eigenvalue weighted by molar-refractivity contribution is -0.149. The van der Waals surface area contributed by atoms with Crippen molar-refractivity contribution in [3.63, 3.8) is 0 Å². The quantitative estimate of drug-likeness (QED) is 0.266. The zero-order valence-corrected chi connectivity index (χ0v) is 18.2. The fraction of sp³-hybridized carbons (Fsp3) is 0.545. The van der Waals surface area contributed by atoms with Gasteiger partial charge in [0.15, 0.2) is 0 Å². The smallest absolute Gasteiger partial charge is 0.326 e. The number of carbonyl (C=O) groups excluding carboxylic acids is 3. The second-order valence-corrected chi connectivity index (χ2v) is 7.89. The van der Waals surface area contributed by atoms with Crippen molar-refractivity contribution in [3.05, 3.63) is 35.9 Å². The van der Waals surface area contributed by atoms with Crippen LogP contribution in [0.25, 0.3) is 0 Å². The number of nitrogens with one attached hydrogen (secondary N) is 2. The Morgan fingerprint density at radius 2 is 1.78 bits per heavy atom. The summed E-state index contributed by atoms with van der Waals surface area (Å²) < 4.78 is 0. The van der Waals surface area contributed by atoms with Crippen LogP contribution in [0, 0.1) is 0 Å². The SMILES string of the molecule is NCCCCC(NC(=O)C(Cc1ccccc1)NC(=O)CN)C(=O)N1CCCC1C(=O)O. The Balaban J connectivity index is 2.17. The molecule has 2 rings (SSSR count).